The van der Waals surface area contributed by atoms with Gasteiger partial charge >= 0.3 is 0 Å². The minimum Gasteiger partial charge on any atom is -0.481 e. The van der Waals surface area contributed by atoms with Crippen LogP contribution < -0.4 is 15.0 Å². The second kappa shape index (κ2) is 7.45. The van der Waals surface area contributed by atoms with Crippen molar-refractivity contribution in [2.24, 2.45) is 0 Å². The molecule has 0 spiro atoms. The molecule has 0 unspecified atom stereocenters. The van der Waals surface area contributed by atoms with Gasteiger partial charge in [-0.25, -0.2) is 4.98 Å². The normalized spacial score (nSPS) is 15.6. The Kier molecular flexibility index (Phi) is 5.11. The molecule has 5 heteroatoms. The molecule has 2 aromatic rings. The van der Waals surface area contributed by atoms with Crippen molar-refractivity contribution in [3.63, 3.8) is 0 Å². The number of carbonyl (C=O) groups excluding carboxylic acids is 1. The molecule has 24 heavy (non-hydrogen) atoms. The first-order valence-electron chi connectivity index (χ1n) is 8.31. The van der Waals surface area contributed by atoms with Crippen LogP contribution in [0.4, 0.5) is 5.69 Å². The van der Waals surface area contributed by atoms with E-state index in [1.165, 1.54) is 5.56 Å². The average molecular weight is 325 g/mol. The quantitative estimate of drug-likeness (QED) is 0.887. The zero-order valence-corrected chi connectivity index (χ0v) is 14.2. The molecule has 0 saturated carbocycles. The highest BCUT2D eigenvalue weighted by Crippen LogP contribution is 2.23. The van der Waals surface area contributed by atoms with Crippen LogP contribution in [0.1, 0.15) is 37.1 Å². The number of nitrogens with zero attached hydrogens (tertiary/aromatic N) is 2. The average Bonchev–Trinajstić information content (AvgIpc) is 3.06. The SMILES string of the molecule is COc1cccc(CN[C@H](C)c2ccc(N3CCCC3=O)cc2)n1. The summed E-state index contributed by atoms with van der Waals surface area (Å²) in [6.45, 7) is 3.62. The number of hydrogen-bond donors (Lipinski definition) is 1. The van der Waals surface area contributed by atoms with Gasteiger partial charge in [-0.1, -0.05) is 18.2 Å². The maximum absolute atomic E-state index is 11.8. The summed E-state index contributed by atoms with van der Waals surface area (Å²) < 4.78 is 5.15. The second-order valence-corrected chi connectivity index (χ2v) is 6.01. The fourth-order valence-electron chi connectivity index (χ4n) is 2.91. The van der Waals surface area contributed by atoms with Gasteiger partial charge in [-0.15, -0.1) is 0 Å². The van der Waals surface area contributed by atoms with E-state index in [1.54, 1.807) is 7.11 Å². The Morgan fingerprint density at radius 2 is 2.04 bits per heavy atom. The minimum absolute atomic E-state index is 0.196. The number of ether oxygens (including phenoxy) is 1. The summed E-state index contributed by atoms with van der Waals surface area (Å²) in [4.78, 5) is 18.1. The molecule has 1 aliphatic rings. The molecule has 1 N–H and O–H groups in total. The molecular formula is C19H23N3O2. The van der Waals surface area contributed by atoms with E-state index in [0.717, 1.165) is 24.3 Å². The molecule has 1 fully saturated rings. The van der Waals surface area contributed by atoms with E-state index in [4.69, 9.17) is 4.74 Å². The van der Waals surface area contributed by atoms with Gasteiger partial charge in [-0.2, -0.15) is 0 Å². The lowest BCUT2D eigenvalue weighted by Crippen LogP contribution is -2.23. The number of pyridine rings is 1. The van der Waals surface area contributed by atoms with Crippen molar-refractivity contribution in [1.82, 2.24) is 10.3 Å². The van der Waals surface area contributed by atoms with Crippen LogP contribution in [0.5, 0.6) is 5.88 Å². The summed E-state index contributed by atoms with van der Waals surface area (Å²) in [7, 11) is 1.62. The van der Waals surface area contributed by atoms with Crippen LogP contribution in [0.2, 0.25) is 0 Å². The summed E-state index contributed by atoms with van der Waals surface area (Å²) in [6, 6.07) is 14.2. The van der Waals surface area contributed by atoms with Crippen LogP contribution in [-0.4, -0.2) is 24.5 Å². The summed E-state index contributed by atoms with van der Waals surface area (Å²) >= 11 is 0. The van der Waals surface area contributed by atoms with Gasteiger partial charge in [0.15, 0.2) is 0 Å². The number of carbonyl (C=O) groups is 1. The number of nitrogens with one attached hydrogen (secondary N) is 1. The highest BCUT2D eigenvalue weighted by Gasteiger charge is 2.21. The maximum atomic E-state index is 11.8. The van der Waals surface area contributed by atoms with E-state index in [0.29, 0.717) is 18.8 Å². The monoisotopic (exact) mass is 325 g/mol. The Bertz CT molecular complexity index is 700. The molecule has 1 aromatic carbocycles. The van der Waals surface area contributed by atoms with Crippen molar-refractivity contribution in [3.8, 4) is 5.88 Å². The fourth-order valence-corrected chi connectivity index (χ4v) is 2.91. The Morgan fingerprint density at radius 3 is 2.71 bits per heavy atom. The first-order valence-corrected chi connectivity index (χ1v) is 8.31. The van der Waals surface area contributed by atoms with Crippen molar-refractivity contribution in [3.05, 3.63) is 53.7 Å². The largest absolute Gasteiger partial charge is 0.481 e. The van der Waals surface area contributed by atoms with Crippen molar-refractivity contribution in [2.45, 2.75) is 32.4 Å². The minimum atomic E-state index is 0.196. The molecule has 1 atom stereocenters. The van der Waals surface area contributed by atoms with Crippen LogP contribution in [-0.2, 0) is 11.3 Å². The highest BCUT2D eigenvalue weighted by atomic mass is 16.5. The number of anilines is 1. The van der Waals surface area contributed by atoms with Gasteiger partial charge in [0.1, 0.15) is 0 Å². The number of amides is 1. The maximum Gasteiger partial charge on any atom is 0.227 e. The Labute approximate surface area is 142 Å². The topological polar surface area (TPSA) is 54.5 Å². The predicted molar refractivity (Wildman–Crippen MR) is 94.1 cm³/mol. The molecule has 0 bridgehead atoms. The fraction of sp³-hybridized carbons (Fsp3) is 0.368. The zero-order chi connectivity index (χ0) is 16.9. The molecule has 2 heterocycles. The first kappa shape index (κ1) is 16.5. The molecule has 3 rings (SSSR count). The summed E-state index contributed by atoms with van der Waals surface area (Å²) in [5.41, 5.74) is 3.12. The number of rotatable bonds is 6. The molecule has 1 amide bonds. The van der Waals surface area contributed by atoms with Gasteiger partial charge in [0.2, 0.25) is 11.8 Å². The molecule has 1 aromatic heterocycles. The Morgan fingerprint density at radius 1 is 1.25 bits per heavy atom. The number of benzene rings is 1. The van der Waals surface area contributed by atoms with Crippen molar-refractivity contribution < 1.29 is 9.53 Å². The third-order valence-corrected chi connectivity index (χ3v) is 4.36. The first-order chi connectivity index (χ1) is 11.7. The van der Waals surface area contributed by atoms with Crippen LogP contribution in [0, 0.1) is 0 Å². The molecule has 1 saturated heterocycles. The van der Waals surface area contributed by atoms with Crippen molar-refractivity contribution in [1.29, 1.82) is 0 Å². The second-order valence-electron chi connectivity index (χ2n) is 6.01. The van der Waals surface area contributed by atoms with Crippen LogP contribution >= 0.6 is 0 Å². The van der Waals surface area contributed by atoms with Gasteiger partial charge in [0.05, 0.1) is 12.8 Å². The smallest absolute Gasteiger partial charge is 0.227 e. The third kappa shape index (κ3) is 3.74. The van der Waals surface area contributed by atoms with E-state index in [1.807, 2.05) is 35.2 Å². The highest BCUT2D eigenvalue weighted by molar-refractivity contribution is 5.95. The number of methoxy groups -OCH3 is 1. The van der Waals surface area contributed by atoms with Crippen molar-refractivity contribution >= 4 is 11.6 Å². The molecule has 0 radical (unpaired) electrons. The lowest BCUT2D eigenvalue weighted by molar-refractivity contribution is -0.117. The van der Waals surface area contributed by atoms with Gasteiger partial charge < -0.3 is 15.0 Å². The number of aromatic nitrogens is 1. The summed E-state index contributed by atoms with van der Waals surface area (Å²) in [5, 5.41) is 3.47. The lowest BCUT2D eigenvalue weighted by Gasteiger charge is -2.18. The third-order valence-electron chi connectivity index (χ3n) is 4.36. The molecule has 0 aliphatic carbocycles. The predicted octanol–water partition coefficient (Wildman–Crippen LogP) is 3.07. The summed E-state index contributed by atoms with van der Waals surface area (Å²) in [6.07, 6.45) is 1.61. The van der Waals surface area contributed by atoms with Gasteiger partial charge in [-0.05, 0) is 37.1 Å². The summed E-state index contributed by atoms with van der Waals surface area (Å²) in [5.74, 6) is 0.847. The van der Waals surface area contributed by atoms with E-state index < -0.39 is 0 Å². The molecule has 5 nitrogen and oxygen atoms in total. The zero-order valence-electron chi connectivity index (χ0n) is 14.2. The molecular weight excluding hydrogens is 302 g/mol. The van der Waals surface area contributed by atoms with Gasteiger partial charge in [0, 0.05) is 37.3 Å². The lowest BCUT2D eigenvalue weighted by atomic mass is 10.1. The van der Waals surface area contributed by atoms with E-state index >= 15 is 0 Å². The van der Waals surface area contributed by atoms with E-state index in [-0.39, 0.29) is 11.9 Å². The van der Waals surface area contributed by atoms with E-state index in [2.05, 4.69) is 29.4 Å². The van der Waals surface area contributed by atoms with E-state index in [9.17, 15) is 4.79 Å². The Balaban J connectivity index is 1.60. The number of hydrogen-bond acceptors (Lipinski definition) is 4. The van der Waals surface area contributed by atoms with Crippen molar-refractivity contribution in [2.75, 3.05) is 18.6 Å². The van der Waals surface area contributed by atoms with Gasteiger partial charge in [-0.3, -0.25) is 4.79 Å². The Hall–Kier alpha value is -2.40. The molecule has 1 aliphatic heterocycles. The van der Waals surface area contributed by atoms with Crippen LogP contribution in [0.25, 0.3) is 0 Å². The van der Waals surface area contributed by atoms with Crippen LogP contribution in [0.15, 0.2) is 42.5 Å². The van der Waals surface area contributed by atoms with Gasteiger partial charge in [0.25, 0.3) is 0 Å². The standard InChI is InChI=1S/C19H23N3O2/c1-14(20-13-16-5-3-6-18(21-16)24-2)15-8-10-17(11-9-15)22-12-4-7-19(22)23/h3,5-6,8-11,14,20H,4,7,12-13H2,1-2H3/t14-/m1/s1. The molecule has 126 valence electrons. The van der Waals surface area contributed by atoms with Crippen LogP contribution in [0.3, 0.4) is 0 Å².